The molecule has 4 rings (SSSR count). The van der Waals surface area contributed by atoms with Crippen LogP contribution in [0.2, 0.25) is 10.0 Å². The van der Waals surface area contributed by atoms with Crippen molar-refractivity contribution in [1.82, 2.24) is 0 Å². The molecule has 2 aromatic rings. The topological polar surface area (TPSA) is 70.9 Å². The highest BCUT2D eigenvalue weighted by atomic mass is 35.5. The largest absolute Gasteiger partial charge is 0.311 e. The van der Waals surface area contributed by atoms with Crippen molar-refractivity contribution in [3.63, 3.8) is 0 Å². The number of hydrogen-bond donors (Lipinski definition) is 2. The number of rotatable bonds is 2. The average Bonchev–Trinajstić information content (AvgIpc) is 2.92. The van der Waals surface area contributed by atoms with E-state index in [4.69, 9.17) is 34.7 Å². The van der Waals surface area contributed by atoms with E-state index in [0.717, 1.165) is 22.1 Å². The molecule has 0 bridgehead atoms. The Hall–Kier alpha value is -1.70. The van der Waals surface area contributed by atoms with Gasteiger partial charge in [0.15, 0.2) is 0 Å². The van der Waals surface area contributed by atoms with Gasteiger partial charge in [-0.05, 0) is 30.3 Å². The van der Waals surface area contributed by atoms with Crippen molar-refractivity contribution < 1.29 is 0 Å². The van der Waals surface area contributed by atoms with Gasteiger partial charge < -0.3 is 16.4 Å². The van der Waals surface area contributed by atoms with E-state index in [1.54, 1.807) is 24.5 Å². The van der Waals surface area contributed by atoms with Gasteiger partial charge in [0.05, 0.1) is 11.2 Å². The Morgan fingerprint density at radius 1 is 0.960 bits per heavy atom. The molecular weight excluding hydrogens is 377 g/mol. The summed E-state index contributed by atoms with van der Waals surface area (Å²) in [5.74, 6) is 0.778. The van der Waals surface area contributed by atoms with Crippen LogP contribution in [0.25, 0.3) is 0 Å². The standard InChI is InChI=1S/C17H15Cl2N5S/c18-10-6-11(19)8-13(7-10)23-9-22-16-14(15(23)20)25-17(21)24(16)12-4-2-1-3-5-12/h1-9,15,17H,20-21H2. The van der Waals surface area contributed by atoms with Gasteiger partial charge in [-0.3, -0.25) is 4.90 Å². The first-order chi connectivity index (χ1) is 12.0. The number of nitrogens with two attached hydrogens (primary N) is 2. The first-order valence-corrected chi connectivity index (χ1v) is 9.23. The number of aliphatic imine (C=N–C) groups is 1. The molecule has 128 valence electrons. The Morgan fingerprint density at radius 3 is 2.32 bits per heavy atom. The summed E-state index contributed by atoms with van der Waals surface area (Å²) >= 11 is 13.7. The van der Waals surface area contributed by atoms with Crippen LogP contribution in [0.15, 0.2) is 64.2 Å². The van der Waals surface area contributed by atoms with Crippen molar-refractivity contribution in [3.8, 4) is 0 Å². The Kier molecular flexibility index (Phi) is 4.39. The van der Waals surface area contributed by atoms with Crippen molar-refractivity contribution in [3.05, 3.63) is 69.3 Å². The summed E-state index contributed by atoms with van der Waals surface area (Å²) in [4.78, 5) is 9.34. The second kappa shape index (κ2) is 6.55. The van der Waals surface area contributed by atoms with Crippen molar-refractivity contribution >= 4 is 52.7 Å². The summed E-state index contributed by atoms with van der Waals surface area (Å²) in [6.45, 7) is 0. The van der Waals surface area contributed by atoms with Crippen LogP contribution in [0.1, 0.15) is 0 Å². The van der Waals surface area contributed by atoms with Gasteiger partial charge in [0.25, 0.3) is 0 Å². The van der Waals surface area contributed by atoms with Gasteiger partial charge in [-0.2, -0.15) is 0 Å². The summed E-state index contributed by atoms with van der Waals surface area (Å²) in [5, 5.41) is 1.09. The number of thioether (sulfide) groups is 1. The SMILES string of the molecule is NC1C2=C(N=CN1c1cc(Cl)cc(Cl)c1)N(c1ccccc1)C(N)S2. The van der Waals surface area contributed by atoms with E-state index in [9.17, 15) is 0 Å². The zero-order valence-electron chi connectivity index (χ0n) is 13.0. The normalized spacial score (nSPS) is 22.6. The van der Waals surface area contributed by atoms with Crippen LogP contribution in [0, 0.1) is 0 Å². The van der Waals surface area contributed by atoms with Gasteiger partial charge in [-0.1, -0.05) is 53.2 Å². The third kappa shape index (κ3) is 3.01. The molecule has 0 aromatic heterocycles. The first-order valence-electron chi connectivity index (χ1n) is 7.59. The molecule has 0 fully saturated rings. The highest BCUT2D eigenvalue weighted by Crippen LogP contribution is 2.43. The molecule has 4 N–H and O–H groups in total. The summed E-state index contributed by atoms with van der Waals surface area (Å²) in [6.07, 6.45) is 1.28. The van der Waals surface area contributed by atoms with Gasteiger partial charge in [0.2, 0.25) is 0 Å². The van der Waals surface area contributed by atoms with Crippen LogP contribution in [0.3, 0.4) is 0 Å². The van der Waals surface area contributed by atoms with Crippen molar-refractivity contribution in [2.75, 3.05) is 9.80 Å². The second-order valence-electron chi connectivity index (χ2n) is 5.63. The lowest BCUT2D eigenvalue weighted by molar-refractivity contribution is 0.797. The first kappa shape index (κ1) is 16.8. The molecule has 25 heavy (non-hydrogen) atoms. The van der Waals surface area contributed by atoms with E-state index in [1.165, 1.54) is 11.8 Å². The Balaban J connectivity index is 1.70. The van der Waals surface area contributed by atoms with Crippen LogP contribution < -0.4 is 21.3 Å². The van der Waals surface area contributed by atoms with Crippen LogP contribution >= 0.6 is 35.0 Å². The minimum absolute atomic E-state index is 0.279. The van der Waals surface area contributed by atoms with Crippen LogP contribution in [0.4, 0.5) is 11.4 Å². The molecule has 0 aliphatic carbocycles. The maximum Gasteiger partial charge on any atom is 0.150 e. The molecule has 2 unspecified atom stereocenters. The molecule has 2 atom stereocenters. The highest BCUT2D eigenvalue weighted by Gasteiger charge is 2.38. The summed E-state index contributed by atoms with van der Waals surface area (Å²) in [5.41, 5.74) is 14.3. The molecule has 2 heterocycles. The van der Waals surface area contributed by atoms with E-state index in [1.807, 2.05) is 40.1 Å². The third-order valence-electron chi connectivity index (χ3n) is 4.00. The zero-order chi connectivity index (χ0) is 17.6. The molecule has 8 heteroatoms. The minimum Gasteiger partial charge on any atom is -0.311 e. The number of halogens is 2. The van der Waals surface area contributed by atoms with Gasteiger partial charge >= 0.3 is 0 Å². The monoisotopic (exact) mass is 391 g/mol. The molecule has 2 aromatic carbocycles. The maximum absolute atomic E-state index is 6.49. The fraction of sp³-hybridized carbons (Fsp3) is 0.118. The van der Waals surface area contributed by atoms with E-state index in [-0.39, 0.29) is 5.50 Å². The van der Waals surface area contributed by atoms with E-state index in [2.05, 4.69) is 4.99 Å². The fourth-order valence-electron chi connectivity index (χ4n) is 2.89. The predicted octanol–water partition coefficient (Wildman–Crippen LogP) is 3.79. The van der Waals surface area contributed by atoms with E-state index in [0.29, 0.717) is 10.0 Å². The third-order valence-corrected chi connectivity index (χ3v) is 5.57. The van der Waals surface area contributed by atoms with E-state index >= 15 is 0 Å². The predicted molar refractivity (Wildman–Crippen MR) is 107 cm³/mol. The quantitative estimate of drug-likeness (QED) is 0.814. The smallest absolute Gasteiger partial charge is 0.150 e. The molecular formula is C17H15Cl2N5S. The van der Waals surface area contributed by atoms with Gasteiger partial charge in [-0.25, -0.2) is 4.99 Å². The number of benzene rings is 2. The van der Waals surface area contributed by atoms with Gasteiger partial charge in [0, 0.05) is 21.4 Å². The second-order valence-corrected chi connectivity index (χ2v) is 7.66. The van der Waals surface area contributed by atoms with Crippen LogP contribution in [-0.2, 0) is 0 Å². The molecule has 2 aliphatic heterocycles. The summed E-state index contributed by atoms with van der Waals surface area (Å²) in [6, 6.07) is 15.2. The molecule has 0 radical (unpaired) electrons. The Bertz CT molecular complexity index is 850. The zero-order valence-corrected chi connectivity index (χ0v) is 15.3. The maximum atomic E-state index is 6.49. The molecule has 5 nitrogen and oxygen atoms in total. The average molecular weight is 392 g/mol. The summed E-state index contributed by atoms with van der Waals surface area (Å²) in [7, 11) is 0. The highest BCUT2D eigenvalue weighted by molar-refractivity contribution is 8.04. The van der Waals surface area contributed by atoms with Crippen molar-refractivity contribution in [1.29, 1.82) is 0 Å². The molecule has 0 saturated carbocycles. The lowest BCUT2D eigenvalue weighted by atomic mass is 10.2. The van der Waals surface area contributed by atoms with Gasteiger partial charge in [0.1, 0.15) is 17.5 Å². The summed E-state index contributed by atoms with van der Waals surface area (Å²) < 4.78 is 0. The molecule has 2 aliphatic rings. The number of hydrogen-bond acceptors (Lipinski definition) is 6. The lowest BCUT2D eigenvalue weighted by Gasteiger charge is -2.31. The van der Waals surface area contributed by atoms with Crippen LogP contribution in [0.5, 0.6) is 0 Å². The molecule has 0 saturated heterocycles. The van der Waals surface area contributed by atoms with Crippen molar-refractivity contribution in [2.45, 2.75) is 11.7 Å². The molecule has 0 amide bonds. The lowest BCUT2D eigenvalue weighted by Crippen LogP contribution is -2.44. The minimum atomic E-state index is -0.410. The molecule has 0 spiro atoms. The fourth-order valence-corrected chi connectivity index (χ4v) is 4.50. The Labute approximate surface area is 159 Å². The van der Waals surface area contributed by atoms with Crippen LogP contribution in [-0.4, -0.2) is 18.0 Å². The van der Waals surface area contributed by atoms with Crippen molar-refractivity contribution in [2.24, 2.45) is 16.5 Å². The number of para-hydroxylation sites is 1. The van der Waals surface area contributed by atoms with Gasteiger partial charge in [-0.15, -0.1) is 0 Å². The Morgan fingerprint density at radius 2 is 1.64 bits per heavy atom. The number of anilines is 2. The van der Waals surface area contributed by atoms with E-state index < -0.39 is 6.17 Å². The number of nitrogens with zero attached hydrogens (tertiary/aromatic N) is 3.